The lowest BCUT2D eigenvalue weighted by Gasteiger charge is -2.50. The summed E-state index contributed by atoms with van der Waals surface area (Å²) >= 11 is 5.98. The number of halogens is 4. The zero-order valence-electron chi connectivity index (χ0n) is 19.2. The molecule has 0 aromatic heterocycles. The van der Waals surface area contributed by atoms with Crippen LogP contribution >= 0.6 is 11.6 Å². The number of nitrogens with one attached hydrogen (secondary N) is 1. The van der Waals surface area contributed by atoms with Gasteiger partial charge in [-0.05, 0) is 31.0 Å². The Balaban J connectivity index is 1.75. The summed E-state index contributed by atoms with van der Waals surface area (Å²) in [6, 6.07) is 3.39. The highest BCUT2D eigenvalue weighted by molar-refractivity contribution is 8.06. The van der Waals surface area contributed by atoms with E-state index in [0.29, 0.717) is 0 Å². The number of carbonyl (C=O) groups is 1. The van der Waals surface area contributed by atoms with E-state index in [2.05, 4.69) is 15.4 Å². The van der Waals surface area contributed by atoms with Gasteiger partial charge in [-0.15, -0.1) is 0 Å². The van der Waals surface area contributed by atoms with Crippen LogP contribution in [-0.4, -0.2) is 86.0 Å². The van der Waals surface area contributed by atoms with Crippen LogP contribution in [0.2, 0.25) is 5.02 Å². The van der Waals surface area contributed by atoms with Crippen LogP contribution in [0.3, 0.4) is 0 Å². The van der Waals surface area contributed by atoms with Crippen molar-refractivity contribution in [3.8, 4) is 0 Å². The van der Waals surface area contributed by atoms with Crippen molar-refractivity contribution in [3.05, 3.63) is 34.6 Å². The fourth-order valence-corrected chi connectivity index (χ4v) is 6.05. The van der Waals surface area contributed by atoms with Crippen molar-refractivity contribution in [3.63, 3.8) is 0 Å². The summed E-state index contributed by atoms with van der Waals surface area (Å²) in [6.45, 7) is 0.766. The van der Waals surface area contributed by atoms with Crippen molar-refractivity contribution < 1.29 is 26.4 Å². The first-order valence-electron chi connectivity index (χ1n) is 11.0. The predicted molar refractivity (Wildman–Crippen MR) is 128 cm³/mol. The van der Waals surface area contributed by atoms with Gasteiger partial charge in [0.1, 0.15) is 5.82 Å². The predicted octanol–water partition coefficient (Wildman–Crippen LogP) is 2.08. The van der Waals surface area contributed by atoms with Gasteiger partial charge in [0.25, 0.3) is 15.9 Å². The molecule has 35 heavy (non-hydrogen) atoms. The summed E-state index contributed by atoms with van der Waals surface area (Å²) in [5, 5.41) is 5.65. The third-order valence-corrected chi connectivity index (χ3v) is 8.64. The summed E-state index contributed by atoms with van der Waals surface area (Å²) in [4.78, 5) is 18.3. The van der Waals surface area contributed by atoms with E-state index in [1.165, 1.54) is 17.4 Å². The first kappa shape index (κ1) is 27.4. The van der Waals surface area contributed by atoms with E-state index < -0.39 is 33.2 Å². The quantitative estimate of drug-likeness (QED) is 0.250. The van der Waals surface area contributed by atoms with Crippen LogP contribution in [0.25, 0.3) is 0 Å². The number of hydrogen-bond acceptors (Lipinski definition) is 7. The Morgan fingerprint density at radius 3 is 2.37 bits per heavy atom. The molecule has 2 fully saturated rings. The van der Waals surface area contributed by atoms with Gasteiger partial charge in [0, 0.05) is 58.2 Å². The van der Waals surface area contributed by atoms with Gasteiger partial charge in [0.05, 0.1) is 16.8 Å². The number of benzene rings is 1. The highest BCUT2D eigenvalue weighted by Crippen LogP contribution is 2.42. The average Bonchev–Trinajstić information content (AvgIpc) is 2.82. The highest BCUT2D eigenvalue weighted by Gasteiger charge is 2.48. The Morgan fingerprint density at radius 1 is 1.20 bits per heavy atom. The number of hydrogen-bond donors (Lipinski definition) is 2. The number of piperazine rings is 1. The fourth-order valence-electron chi connectivity index (χ4n) is 4.51. The third-order valence-electron chi connectivity index (χ3n) is 6.55. The SMILES string of the molecule is CN=C/C(=N/N)S(=O)(=O)N1CCN(C2(CNC(=O)c3ccc(F)cc3Cl)CCC(F)(F)CC2)CC1. The second kappa shape index (κ2) is 10.8. The number of hydrazone groups is 1. The standard InChI is InChI=1S/C21H28ClF3N6O3S/c1-27-13-18(29-26)35(33,34)31-10-8-30(9-11-31)20(4-6-21(24,25)7-5-20)14-28-19(32)16-3-2-15(23)12-17(16)22/h2-3,12-13H,4-11,14,26H2,1H3,(H,28,32)/b27-13?,29-18-. The average molecular weight is 537 g/mol. The Labute approximate surface area is 207 Å². The summed E-state index contributed by atoms with van der Waals surface area (Å²) < 4.78 is 68.1. The highest BCUT2D eigenvalue weighted by atomic mass is 35.5. The molecule has 1 aromatic rings. The Morgan fingerprint density at radius 2 is 1.83 bits per heavy atom. The molecule has 1 aliphatic carbocycles. The van der Waals surface area contributed by atoms with E-state index in [9.17, 15) is 26.4 Å². The van der Waals surface area contributed by atoms with Crippen LogP contribution < -0.4 is 11.2 Å². The molecule has 0 radical (unpaired) electrons. The van der Waals surface area contributed by atoms with Gasteiger partial charge in [-0.3, -0.25) is 14.7 Å². The number of rotatable bonds is 6. The van der Waals surface area contributed by atoms with Crippen molar-refractivity contribution in [2.45, 2.75) is 37.1 Å². The number of sulfonamides is 1. The zero-order valence-corrected chi connectivity index (χ0v) is 20.8. The molecule has 2 aliphatic rings. The van der Waals surface area contributed by atoms with E-state index in [4.69, 9.17) is 17.4 Å². The summed E-state index contributed by atoms with van der Waals surface area (Å²) in [6.07, 6.45) is 0.582. The molecule has 14 heteroatoms. The third kappa shape index (κ3) is 6.13. The topological polar surface area (TPSA) is 120 Å². The maximum Gasteiger partial charge on any atom is 0.263 e. The Hall–Kier alpha value is -2.22. The smallest absolute Gasteiger partial charge is 0.263 e. The molecule has 9 nitrogen and oxygen atoms in total. The van der Waals surface area contributed by atoms with E-state index in [1.807, 2.05) is 4.90 Å². The molecular formula is C21H28ClF3N6O3S. The number of amides is 1. The lowest BCUT2D eigenvalue weighted by atomic mass is 9.78. The van der Waals surface area contributed by atoms with E-state index in [1.54, 1.807) is 0 Å². The molecule has 0 spiro atoms. The van der Waals surface area contributed by atoms with Crippen molar-refractivity contribution >= 4 is 38.8 Å². The maximum absolute atomic E-state index is 14.0. The van der Waals surface area contributed by atoms with Crippen LogP contribution in [0.4, 0.5) is 13.2 Å². The van der Waals surface area contributed by atoms with Crippen molar-refractivity contribution in [2.75, 3.05) is 39.8 Å². The minimum Gasteiger partial charge on any atom is -0.350 e. The van der Waals surface area contributed by atoms with Crippen LogP contribution in [0, 0.1) is 5.82 Å². The molecule has 1 saturated heterocycles. The fraction of sp³-hybridized carbons (Fsp3) is 0.571. The molecule has 194 valence electrons. The van der Waals surface area contributed by atoms with Gasteiger partial charge >= 0.3 is 0 Å². The van der Waals surface area contributed by atoms with Gasteiger partial charge in [-0.2, -0.15) is 9.41 Å². The summed E-state index contributed by atoms with van der Waals surface area (Å²) in [5.74, 6) is 1.28. The van der Waals surface area contributed by atoms with Gasteiger partial charge in [-0.25, -0.2) is 21.6 Å². The minimum absolute atomic E-state index is 0.0559. The largest absolute Gasteiger partial charge is 0.350 e. The molecule has 1 amide bonds. The lowest BCUT2D eigenvalue weighted by molar-refractivity contribution is -0.0855. The number of nitrogens with zero attached hydrogens (tertiary/aromatic N) is 4. The summed E-state index contributed by atoms with van der Waals surface area (Å²) in [5.41, 5.74) is -0.721. The van der Waals surface area contributed by atoms with Crippen LogP contribution in [0.1, 0.15) is 36.0 Å². The zero-order chi connectivity index (χ0) is 25.9. The lowest BCUT2D eigenvalue weighted by Crippen LogP contribution is -2.63. The van der Waals surface area contributed by atoms with E-state index >= 15 is 0 Å². The number of alkyl halides is 2. The molecule has 1 heterocycles. The second-order valence-corrected chi connectivity index (χ2v) is 10.9. The number of aliphatic imine (C=N–C) groups is 1. The number of nitrogens with two attached hydrogens (primary N) is 1. The molecule has 0 atom stereocenters. The normalized spacial score (nSPS) is 21.8. The molecule has 3 N–H and O–H groups in total. The molecule has 3 rings (SSSR count). The molecule has 0 bridgehead atoms. The van der Waals surface area contributed by atoms with Crippen molar-refractivity contribution in [2.24, 2.45) is 15.9 Å². The van der Waals surface area contributed by atoms with Crippen LogP contribution in [0.15, 0.2) is 28.3 Å². The Kier molecular flexibility index (Phi) is 8.45. The maximum atomic E-state index is 14.0. The molecule has 1 aromatic carbocycles. The molecule has 1 aliphatic heterocycles. The molecular weight excluding hydrogens is 509 g/mol. The molecule has 1 saturated carbocycles. The Bertz CT molecular complexity index is 1100. The van der Waals surface area contributed by atoms with E-state index in [-0.39, 0.29) is 74.0 Å². The van der Waals surface area contributed by atoms with E-state index in [0.717, 1.165) is 18.3 Å². The van der Waals surface area contributed by atoms with Gasteiger partial charge < -0.3 is 11.2 Å². The van der Waals surface area contributed by atoms with Crippen molar-refractivity contribution in [1.82, 2.24) is 14.5 Å². The first-order chi connectivity index (χ1) is 16.4. The van der Waals surface area contributed by atoms with Crippen molar-refractivity contribution in [1.29, 1.82) is 0 Å². The monoisotopic (exact) mass is 536 g/mol. The van der Waals surface area contributed by atoms with Crippen LogP contribution in [-0.2, 0) is 10.0 Å². The second-order valence-electron chi connectivity index (χ2n) is 8.63. The van der Waals surface area contributed by atoms with Gasteiger partial charge in [-0.1, -0.05) is 11.6 Å². The van der Waals surface area contributed by atoms with Crippen LogP contribution in [0.5, 0.6) is 0 Å². The van der Waals surface area contributed by atoms with Gasteiger partial charge in [0.15, 0.2) is 0 Å². The molecule has 0 unspecified atom stereocenters. The number of carbonyl (C=O) groups excluding carboxylic acids is 1. The minimum atomic E-state index is -3.95. The summed E-state index contributed by atoms with van der Waals surface area (Å²) in [7, 11) is -2.55. The first-order valence-corrected chi connectivity index (χ1v) is 12.8. The van der Waals surface area contributed by atoms with Gasteiger partial charge in [0.2, 0.25) is 11.0 Å².